The SMILES string of the molecule is NC1C=CC=C(c2cccc(C(=O)O)c2)C1. The van der Waals surface area contributed by atoms with Gasteiger partial charge in [0.2, 0.25) is 0 Å². The van der Waals surface area contributed by atoms with Crippen LogP contribution in [0.2, 0.25) is 0 Å². The number of carboxylic acids is 1. The fourth-order valence-electron chi connectivity index (χ4n) is 1.77. The summed E-state index contributed by atoms with van der Waals surface area (Å²) in [7, 11) is 0. The van der Waals surface area contributed by atoms with E-state index in [1.54, 1.807) is 18.2 Å². The number of carboxylic acid groups (broad SMARTS) is 1. The average Bonchev–Trinajstić information content (AvgIpc) is 2.29. The molecule has 1 atom stereocenters. The molecule has 0 aliphatic heterocycles. The van der Waals surface area contributed by atoms with Crippen molar-refractivity contribution in [2.75, 3.05) is 0 Å². The van der Waals surface area contributed by atoms with Crippen LogP contribution in [-0.2, 0) is 0 Å². The third-order valence-electron chi connectivity index (χ3n) is 2.59. The fourth-order valence-corrected chi connectivity index (χ4v) is 1.77. The van der Waals surface area contributed by atoms with Crippen LogP contribution >= 0.6 is 0 Å². The summed E-state index contributed by atoms with van der Waals surface area (Å²) in [4.78, 5) is 10.8. The second-order valence-corrected chi connectivity index (χ2v) is 3.83. The molecule has 3 nitrogen and oxygen atoms in total. The number of hydrogen-bond acceptors (Lipinski definition) is 2. The molecule has 16 heavy (non-hydrogen) atoms. The van der Waals surface area contributed by atoms with Gasteiger partial charge in [0, 0.05) is 6.04 Å². The molecule has 0 radical (unpaired) electrons. The Morgan fingerprint density at radius 1 is 1.44 bits per heavy atom. The van der Waals surface area contributed by atoms with Gasteiger partial charge >= 0.3 is 5.97 Å². The van der Waals surface area contributed by atoms with Crippen molar-refractivity contribution >= 4 is 11.5 Å². The van der Waals surface area contributed by atoms with Crippen molar-refractivity contribution in [2.45, 2.75) is 12.5 Å². The molecule has 1 aliphatic rings. The molecule has 3 N–H and O–H groups in total. The highest BCUT2D eigenvalue weighted by Crippen LogP contribution is 2.23. The van der Waals surface area contributed by atoms with E-state index in [0.29, 0.717) is 5.56 Å². The molecule has 0 amide bonds. The van der Waals surface area contributed by atoms with Crippen molar-refractivity contribution in [1.82, 2.24) is 0 Å². The van der Waals surface area contributed by atoms with Gasteiger partial charge in [0.15, 0.2) is 0 Å². The van der Waals surface area contributed by atoms with Crippen LogP contribution < -0.4 is 5.73 Å². The molecular formula is C13H13NO2. The Morgan fingerprint density at radius 3 is 2.94 bits per heavy atom. The molecule has 0 aromatic heterocycles. The number of aromatic carboxylic acids is 1. The highest BCUT2D eigenvalue weighted by Gasteiger charge is 2.10. The van der Waals surface area contributed by atoms with Gasteiger partial charge < -0.3 is 10.8 Å². The van der Waals surface area contributed by atoms with Gasteiger partial charge in [-0.05, 0) is 29.7 Å². The molecule has 3 heteroatoms. The maximum atomic E-state index is 10.8. The second kappa shape index (κ2) is 4.33. The van der Waals surface area contributed by atoms with Gasteiger partial charge in [0.05, 0.1) is 5.56 Å². The minimum Gasteiger partial charge on any atom is -0.478 e. The first-order chi connectivity index (χ1) is 7.66. The molecule has 1 unspecified atom stereocenters. The van der Waals surface area contributed by atoms with Crippen molar-refractivity contribution in [1.29, 1.82) is 0 Å². The van der Waals surface area contributed by atoms with Gasteiger partial charge in [0.1, 0.15) is 0 Å². The standard InChI is InChI=1S/C13H13NO2/c14-12-6-2-4-10(8-12)9-3-1-5-11(7-9)13(15)16/h1-7,12H,8,14H2,(H,15,16). The number of nitrogens with two attached hydrogens (primary N) is 1. The number of carbonyl (C=O) groups is 1. The normalized spacial score (nSPS) is 19.3. The zero-order chi connectivity index (χ0) is 11.5. The van der Waals surface area contributed by atoms with E-state index in [2.05, 4.69) is 0 Å². The smallest absolute Gasteiger partial charge is 0.335 e. The molecule has 0 heterocycles. The van der Waals surface area contributed by atoms with Gasteiger partial charge in [-0.1, -0.05) is 30.4 Å². The van der Waals surface area contributed by atoms with E-state index >= 15 is 0 Å². The Kier molecular flexibility index (Phi) is 2.88. The molecule has 0 fully saturated rings. The monoisotopic (exact) mass is 215 g/mol. The summed E-state index contributed by atoms with van der Waals surface area (Å²) in [5, 5.41) is 8.90. The molecule has 0 saturated carbocycles. The van der Waals surface area contributed by atoms with Crippen molar-refractivity contribution in [3.05, 3.63) is 53.6 Å². The average molecular weight is 215 g/mol. The van der Waals surface area contributed by atoms with Crippen molar-refractivity contribution in [3.63, 3.8) is 0 Å². The maximum absolute atomic E-state index is 10.8. The van der Waals surface area contributed by atoms with Crippen LogP contribution in [-0.4, -0.2) is 17.1 Å². The van der Waals surface area contributed by atoms with E-state index in [1.165, 1.54) is 0 Å². The first-order valence-electron chi connectivity index (χ1n) is 5.13. The Bertz CT molecular complexity index is 475. The lowest BCUT2D eigenvalue weighted by Gasteiger charge is -2.15. The molecule has 0 saturated heterocycles. The lowest BCUT2D eigenvalue weighted by molar-refractivity contribution is 0.0697. The Balaban J connectivity index is 2.34. The number of benzene rings is 1. The van der Waals surface area contributed by atoms with Crippen LogP contribution in [0.5, 0.6) is 0 Å². The Morgan fingerprint density at radius 2 is 2.25 bits per heavy atom. The van der Waals surface area contributed by atoms with Crippen LogP contribution in [0.1, 0.15) is 22.3 Å². The first kappa shape index (κ1) is 10.6. The van der Waals surface area contributed by atoms with Crippen LogP contribution in [0, 0.1) is 0 Å². The third-order valence-corrected chi connectivity index (χ3v) is 2.59. The van der Waals surface area contributed by atoms with E-state index in [9.17, 15) is 4.79 Å². The highest BCUT2D eigenvalue weighted by molar-refractivity contribution is 5.89. The minimum atomic E-state index is -0.905. The summed E-state index contributed by atoms with van der Waals surface area (Å²) >= 11 is 0. The van der Waals surface area contributed by atoms with Crippen molar-refractivity contribution in [2.24, 2.45) is 5.73 Å². The van der Waals surface area contributed by atoms with Gasteiger partial charge in [-0.25, -0.2) is 4.79 Å². The summed E-state index contributed by atoms with van der Waals surface area (Å²) in [5.74, 6) is -0.905. The summed E-state index contributed by atoms with van der Waals surface area (Å²) in [5.41, 5.74) is 8.14. The quantitative estimate of drug-likeness (QED) is 0.793. The van der Waals surface area contributed by atoms with E-state index in [0.717, 1.165) is 17.6 Å². The highest BCUT2D eigenvalue weighted by atomic mass is 16.4. The number of rotatable bonds is 2. The van der Waals surface area contributed by atoms with Crippen molar-refractivity contribution < 1.29 is 9.90 Å². The molecule has 82 valence electrons. The Hall–Kier alpha value is -1.87. The summed E-state index contributed by atoms with van der Waals surface area (Å²) < 4.78 is 0. The lowest BCUT2D eigenvalue weighted by atomic mass is 9.94. The van der Waals surface area contributed by atoms with Crippen LogP contribution in [0.4, 0.5) is 0 Å². The fraction of sp³-hybridized carbons (Fsp3) is 0.154. The maximum Gasteiger partial charge on any atom is 0.335 e. The van der Waals surface area contributed by atoms with Crippen LogP contribution in [0.25, 0.3) is 5.57 Å². The zero-order valence-corrected chi connectivity index (χ0v) is 8.76. The first-order valence-corrected chi connectivity index (χ1v) is 5.13. The second-order valence-electron chi connectivity index (χ2n) is 3.83. The zero-order valence-electron chi connectivity index (χ0n) is 8.76. The lowest BCUT2D eigenvalue weighted by Crippen LogP contribution is -2.18. The molecule has 1 aliphatic carbocycles. The van der Waals surface area contributed by atoms with E-state index < -0.39 is 5.97 Å². The summed E-state index contributed by atoms with van der Waals surface area (Å²) in [6.07, 6.45) is 6.57. The molecule has 2 rings (SSSR count). The predicted molar refractivity (Wildman–Crippen MR) is 63.1 cm³/mol. The van der Waals surface area contributed by atoms with Crippen LogP contribution in [0.15, 0.2) is 42.5 Å². The predicted octanol–water partition coefficient (Wildman–Crippen LogP) is 2.06. The van der Waals surface area contributed by atoms with Crippen molar-refractivity contribution in [3.8, 4) is 0 Å². The van der Waals surface area contributed by atoms with Gasteiger partial charge in [-0.2, -0.15) is 0 Å². The van der Waals surface area contributed by atoms with E-state index in [-0.39, 0.29) is 6.04 Å². The van der Waals surface area contributed by atoms with Crippen LogP contribution in [0.3, 0.4) is 0 Å². The minimum absolute atomic E-state index is 0.0217. The number of hydrogen-bond donors (Lipinski definition) is 2. The largest absolute Gasteiger partial charge is 0.478 e. The molecule has 1 aromatic rings. The van der Waals surface area contributed by atoms with E-state index in [1.807, 2.05) is 24.3 Å². The third kappa shape index (κ3) is 2.20. The molecule has 0 bridgehead atoms. The van der Waals surface area contributed by atoms with E-state index in [4.69, 9.17) is 10.8 Å². The molecule has 1 aromatic carbocycles. The Labute approximate surface area is 93.9 Å². The molecule has 0 spiro atoms. The topological polar surface area (TPSA) is 63.3 Å². The van der Waals surface area contributed by atoms with Gasteiger partial charge in [0.25, 0.3) is 0 Å². The molecular weight excluding hydrogens is 202 g/mol. The summed E-state index contributed by atoms with van der Waals surface area (Å²) in [6.45, 7) is 0. The number of allylic oxidation sites excluding steroid dienone is 2. The summed E-state index contributed by atoms with van der Waals surface area (Å²) in [6, 6.07) is 6.95. The van der Waals surface area contributed by atoms with Gasteiger partial charge in [-0.3, -0.25) is 0 Å². The van der Waals surface area contributed by atoms with Gasteiger partial charge in [-0.15, -0.1) is 0 Å².